The molecule has 0 radical (unpaired) electrons. The average molecular weight is 385 g/mol. The average Bonchev–Trinajstić information content (AvgIpc) is 3.29. The van der Waals surface area contributed by atoms with Crippen LogP contribution in [0.5, 0.6) is 0 Å². The minimum atomic E-state index is -0.534. The monoisotopic (exact) mass is 384 g/mol. The van der Waals surface area contributed by atoms with E-state index >= 15 is 0 Å². The number of hydrogen-bond acceptors (Lipinski definition) is 3. The van der Waals surface area contributed by atoms with E-state index in [0.717, 1.165) is 6.42 Å². The predicted octanol–water partition coefficient (Wildman–Crippen LogP) is 5.07. The highest BCUT2D eigenvalue weighted by Crippen LogP contribution is 2.35. The summed E-state index contributed by atoms with van der Waals surface area (Å²) in [7, 11) is 0. The third-order valence-electron chi connectivity index (χ3n) is 5.02. The topological polar surface area (TPSA) is 46.3 Å². The predicted molar refractivity (Wildman–Crippen MR) is 101 cm³/mol. The van der Waals surface area contributed by atoms with Crippen LogP contribution in [0.2, 0.25) is 5.02 Å². The largest absolute Gasteiger partial charge is 0.360 e. The maximum Gasteiger partial charge on any atom is 0.259 e. The van der Waals surface area contributed by atoms with Crippen LogP contribution >= 0.6 is 11.6 Å². The van der Waals surface area contributed by atoms with Crippen LogP contribution in [-0.4, -0.2) is 29.1 Å². The second-order valence-electron chi connectivity index (χ2n) is 6.71. The highest BCUT2D eigenvalue weighted by molar-refractivity contribution is 6.33. The fraction of sp³-hybridized carbons (Fsp3) is 0.238. The minimum absolute atomic E-state index is 0.0955. The molecule has 0 N–H and O–H groups in total. The Morgan fingerprint density at radius 3 is 2.74 bits per heavy atom. The van der Waals surface area contributed by atoms with Crippen molar-refractivity contribution in [2.45, 2.75) is 19.3 Å². The number of aromatic nitrogens is 1. The van der Waals surface area contributed by atoms with Gasteiger partial charge in [0, 0.05) is 19.0 Å². The van der Waals surface area contributed by atoms with Crippen LogP contribution in [0, 0.1) is 12.7 Å². The third-order valence-corrected chi connectivity index (χ3v) is 5.34. The molecular formula is C21H18ClFN2O2. The number of carbonyl (C=O) groups excluding carboxylic acids is 1. The third kappa shape index (κ3) is 3.23. The van der Waals surface area contributed by atoms with Gasteiger partial charge in [-0.05, 0) is 31.0 Å². The number of carbonyl (C=O) groups is 1. The van der Waals surface area contributed by atoms with E-state index in [2.05, 4.69) is 17.3 Å². The van der Waals surface area contributed by atoms with E-state index in [0.29, 0.717) is 18.8 Å². The molecule has 4 rings (SSSR count). The Kier molecular flexibility index (Phi) is 4.70. The van der Waals surface area contributed by atoms with E-state index in [9.17, 15) is 9.18 Å². The Bertz CT molecular complexity index is 967. The molecule has 0 spiro atoms. The molecule has 1 fully saturated rings. The smallest absolute Gasteiger partial charge is 0.259 e. The molecule has 1 aliphatic rings. The molecule has 27 heavy (non-hydrogen) atoms. The molecule has 4 nitrogen and oxygen atoms in total. The van der Waals surface area contributed by atoms with E-state index < -0.39 is 5.82 Å². The van der Waals surface area contributed by atoms with Crippen molar-refractivity contribution in [3.05, 3.63) is 76.3 Å². The maximum absolute atomic E-state index is 14.4. The van der Waals surface area contributed by atoms with Crippen molar-refractivity contribution in [3.8, 4) is 11.3 Å². The van der Waals surface area contributed by atoms with Crippen molar-refractivity contribution >= 4 is 17.5 Å². The zero-order chi connectivity index (χ0) is 19.0. The van der Waals surface area contributed by atoms with Crippen molar-refractivity contribution in [2.75, 3.05) is 13.1 Å². The van der Waals surface area contributed by atoms with Gasteiger partial charge in [-0.2, -0.15) is 0 Å². The molecule has 0 aliphatic carbocycles. The van der Waals surface area contributed by atoms with Gasteiger partial charge in [0.05, 0.1) is 10.6 Å². The van der Waals surface area contributed by atoms with Gasteiger partial charge in [-0.1, -0.05) is 53.2 Å². The van der Waals surface area contributed by atoms with E-state index in [1.807, 2.05) is 18.2 Å². The Balaban J connectivity index is 1.65. The molecule has 3 aromatic rings. The summed E-state index contributed by atoms with van der Waals surface area (Å²) >= 11 is 6.17. The minimum Gasteiger partial charge on any atom is -0.360 e. The fourth-order valence-electron chi connectivity index (χ4n) is 3.62. The molecule has 1 amide bonds. The van der Waals surface area contributed by atoms with Crippen molar-refractivity contribution in [3.63, 3.8) is 0 Å². The van der Waals surface area contributed by atoms with Crippen molar-refractivity contribution in [1.29, 1.82) is 0 Å². The second kappa shape index (κ2) is 7.16. The molecule has 138 valence electrons. The van der Waals surface area contributed by atoms with Gasteiger partial charge in [0.25, 0.3) is 5.91 Å². The Morgan fingerprint density at radius 1 is 1.22 bits per heavy atom. The van der Waals surface area contributed by atoms with E-state index in [4.69, 9.17) is 16.1 Å². The van der Waals surface area contributed by atoms with Gasteiger partial charge in [-0.3, -0.25) is 4.79 Å². The quantitative estimate of drug-likeness (QED) is 0.633. The van der Waals surface area contributed by atoms with E-state index in [1.54, 1.807) is 17.9 Å². The number of halogens is 2. The zero-order valence-corrected chi connectivity index (χ0v) is 15.5. The number of benzene rings is 2. The highest BCUT2D eigenvalue weighted by atomic mass is 35.5. The summed E-state index contributed by atoms with van der Waals surface area (Å²) in [4.78, 5) is 15.0. The van der Waals surface area contributed by atoms with Crippen LogP contribution < -0.4 is 0 Å². The van der Waals surface area contributed by atoms with Crippen molar-refractivity contribution in [1.82, 2.24) is 10.1 Å². The first-order valence-electron chi connectivity index (χ1n) is 8.81. The summed E-state index contributed by atoms with van der Waals surface area (Å²) in [5.74, 6) is -0.0942. The molecule has 2 heterocycles. The number of hydrogen-bond donors (Lipinski definition) is 0. The zero-order valence-electron chi connectivity index (χ0n) is 14.8. The van der Waals surface area contributed by atoms with Crippen LogP contribution in [-0.2, 0) is 0 Å². The normalized spacial score (nSPS) is 16.7. The summed E-state index contributed by atoms with van der Waals surface area (Å²) in [5, 5.41) is 4.13. The first kappa shape index (κ1) is 17.7. The number of aryl methyl sites for hydroxylation is 1. The summed E-state index contributed by atoms with van der Waals surface area (Å²) in [6, 6.07) is 14.5. The molecule has 1 aromatic heterocycles. The van der Waals surface area contributed by atoms with E-state index in [1.165, 1.54) is 17.7 Å². The van der Waals surface area contributed by atoms with Crippen LogP contribution in [0.25, 0.3) is 11.3 Å². The number of likely N-dealkylation sites (tertiary alicyclic amines) is 1. The molecule has 1 aliphatic heterocycles. The first-order chi connectivity index (χ1) is 13.1. The van der Waals surface area contributed by atoms with Crippen molar-refractivity contribution < 1.29 is 13.7 Å². The SMILES string of the molecule is Cc1onc(-c2c(F)cccc2Cl)c1C(=O)N1CCC(c2ccccc2)C1. The fourth-order valence-corrected chi connectivity index (χ4v) is 3.87. The van der Waals surface area contributed by atoms with Gasteiger partial charge in [-0.25, -0.2) is 4.39 Å². The van der Waals surface area contributed by atoms with Crippen LogP contribution in [0.15, 0.2) is 53.1 Å². The van der Waals surface area contributed by atoms with Crippen LogP contribution in [0.4, 0.5) is 4.39 Å². The maximum atomic E-state index is 14.4. The summed E-state index contributed by atoms with van der Waals surface area (Å²) in [5.41, 5.74) is 1.74. The van der Waals surface area contributed by atoms with Gasteiger partial charge in [0.15, 0.2) is 0 Å². The standard InChI is InChI=1S/C21H18ClFN2O2/c1-13-18(20(24-27-13)19-16(22)8-5-9-17(19)23)21(26)25-11-10-15(12-25)14-6-3-2-4-7-14/h2-9,15H,10-12H2,1H3. The Hall–Kier alpha value is -2.66. The number of rotatable bonds is 3. The lowest BCUT2D eigenvalue weighted by atomic mass is 9.99. The molecule has 2 aromatic carbocycles. The molecule has 1 unspecified atom stereocenters. The van der Waals surface area contributed by atoms with E-state index in [-0.39, 0.29) is 33.7 Å². The Morgan fingerprint density at radius 2 is 2.00 bits per heavy atom. The second-order valence-corrected chi connectivity index (χ2v) is 7.11. The lowest BCUT2D eigenvalue weighted by molar-refractivity contribution is 0.0789. The van der Waals surface area contributed by atoms with Crippen LogP contribution in [0.1, 0.15) is 34.0 Å². The Labute approximate surface area is 161 Å². The van der Waals surface area contributed by atoms with Gasteiger partial charge < -0.3 is 9.42 Å². The summed E-state index contributed by atoms with van der Waals surface area (Å²) in [6.07, 6.45) is 0.885. The molecular weight excluding hydrogens is 367 g/mol. The number of nitrogens with zero attached hydrogens (tertiary/aromatic N) is 2. The first-order valence-corrected chi connectivity index (χ1v) is 9.19. The van der Waals surface area contributed by atoms with Gasteiger partial charge in [0.2, 0.25) is 0 Å². The molecule has 1 saturated heterocycles. The lowest BCUT2D eigenvalue weighted by Gasteiger charge is -2.17. The molecule has 1 atom stereocenters. The van der Waals surface area contributed by atoms with Gasteiger partial charge >= 0.3 is 0 Å². The van der Waals surface area contributed by atoms with Crippen LogP contribution in [0.3, 0.4) is 0 Å². The lowest BCUT2D eigenvalue weighted by Crippen LogP contribution is -2.29. The van der Waals surface area contributed by atoms with Gasteiger partial charge in [-0.15, -0.1) is 0 Å². The highest BCUT2D eigenvalue weighted by Gasteiger charge is 2.33. The summed E-state index contributed by atoms with van der Waals surface area (Å²) in [6.45, 7) is 2.90. The molecule has 0 saturated carbocycles. The summed E-state index contributed by atoms with van der Waals surface area (Å²) < 4.78 is 19.6. The molecule has 6 heteroatoms. The van der Waals surface area contributed by atoms with Gasteiger partial charge in [0.1, 0.15) is 22.8 Å². The number of amides is 1. The van der Waals surface area contributed by atoms with Crippen molar-refractivity contribution in [2.24, 2.45) is 0 Å². The molecule has 0 bridgehead atoms.